The number of pyridine rings is 2. The Morgan fingerprint density at radius 3 is 1.18 bits per heavy atom. The van der Waals surface area contributed by atoms with Gasteiger partial charge in [-0.3, -0.25) is 9.13 Å². The van der Waals surface area contributed by atoms with Crippen molar-refractivity contribution in [2.24, 2.45) is 0 Å². The van der Waals surface area contributed by atoms with E-state index in [0.717, 1.165) is 94.8 Å². The zero-order chi connectivity index (χ0) is 37.7. The maximum absolute atomic E-state index is 5.25. The van der Waals surface area contributed by atoms with Crippen molar-refractivity contribution in [2.45, 2.75) is 0 Å². The largest absolute Gasteiger partial charge is 0.309 e. The first kappa shape index (κ1) is 32.7. The highest BCUT2D eigenvalue weighted by atomic mass is 15.2. The Hall–Kier alpha value is -7.76. The van der Waals surface area contributed by atoms with Crippen LogP contribution in [0.5, 0.6) is 0 Å². The molecule has 5 nitrogen and oxygen atoms in total. The van der Waals surface area contributed by atoms with Gasteiger partial charge in [0.25, 0.3) is 0 Å². The molecule has 7 aromatic carbocycles. The van der Waals surface area contributed by atoms with E-state index in [-0.39, 0.29) is 0 Å². The van der Waals surface area contributed by atoms with Gasteiger partial charge >= 0.3 is 0 Å². The summed E-state index contributed by atoms with van der Waals surface area (Å²) >= 11 is 0. The van der Waals surface area contributed by atoms with Gasteiger partial charge in [-0.2, -0.15) is 0 Å². The highest BCUT2D eigenvalue weighted by molar-refractivity contribution is 6.20. The fourth-order valence-electron chi connectivity index (χ4n) is 8.49. The van der Waals surface area contributed by atoms with Gasteiger partial charge in [-0.05, 0) is 72.8 Å². The molecule has 57 heavy (non-hydrogen) atoms. The lowest BCUT2D eigenvalue weighted by atomic mass is 10.1. The number of aromatic nitrogens is 4. The zero-order valence-electron chi connectivity index (χ0n) is 30.9. The van der Waals surface area contributed by atoms with E-state index >= 15 is 0 Å². The molecule has 0 saturated heterocycles. The topological polar surface area (TPSA) is 38.9 Å². The third kappa shape index (κ3) is 5.40. The quantitative estimate of drug-likeness (QED) is 0.164. The van der Waals surface area contributed by atoms with Crippen molar-refractivity contribution in [1.82, 2.24) is 19.1 Å². The van der Waals surface area contributed by atoms with Crippen LogP contribution in [0.3, 0.4) is 0 Å². The van der Waals surface area contributed by atoms with Crippen molar-refractivity contribution >= 4 is 60.7 Å². The first-order valence-corrected chi connectivity index (χ1v) is 19.3. The Balaban J connectivity index is 1.18. The van der Waals surface area contributed by atoms with Crippen LogP contribution in [-0.4, -0.2) is 19.1 Å². The van der Waals surface area contributed by atoms with E-state index in [0.29, 0.717) is 0 Å². The fraction of sp³-hybridized carbons (Fsp3) is 0. The summed E-state index contributed by atoms with van der Waals surface area (Å²) in [5.74, 6) is 1.75. The smallest absolute Gasteiger partial charge is 0.138 e. The number of fused-ring (bicyclic) bond motifs is 6. The average Bonchev–Trinajstić information content (AvgIpc) is 3.82. The number of benzene rings is 7. The van der Waals surface area contributed by atoms with Gasteiger partial charge in [0.05, 0.1) is 44.8 Å². The molecule has 0 aliphatic rings. The molecule has 0 saturated carbocycles. The molecule has 11 rings (SSSR count). The minimum Gasteiger partial charge on any atom is -0.309 e. The van der Waals surface area contributed by atoms with Crippen LogP contribution in [0.25, 0.3) is 77.8 Å². The molecule has 0 radical (unpaired) electrons. The fourth-order valence-corrected chi connectivity index (χ4v) is 8.49. The molecule has 4 aromatic heterocycles. The molecule has 0 atom stereocenters. The Bertz CT molecular complexity index is 3040. The van der Waals surface area contributed by atoms with Gasteiger partial charge in [0.15, 0.2) is 0 Å². The van der Waals surface area contributed by atoms with E-state index in [1.165, 1.54) is 0 Å². The normalized spacial score (nSPS) is 11.5. The molecule has 0 amide bonds. The molecule has 0 aliphatic carbocycles. The van der Waals surface area contributed by atoms with Crippen molar-refractivity contribution in [2.75, 3.05) is 4.90 Å². The third-order valence-electron chi connectivity index (χ3n) is 10.9. The van der Waals surface area contributed by atoms with Crippen LogP contribution < -0.4 is 4.90 Å². The van der Waals surface area contributed by atoms with Crippen LogP contribution >= 0.6 is 0 Å². The highest BCUT2D eigenvalue weighted by Gasteiger charge is 2.25. The molecule has 0 fully saturated rings. The lowest BCUT2D eigenvalue weighted by Crippen LogP contribution is -2.11. The second-order valence-electron chi connectivity index (χ2n) is 14.2. The van der Waals surface area contributed by atoms with Gasteiger partial charge in [0.2, 0.25) is 0 Å². The van der Waals surface area contributed by atoms with Gasteiger partial charge in [-0.1, -0.05) is 140 Å². The summed E-state index contributed by atoms with van der Waals surface area (Å²) in [6.07, 6.45) is 0. The summed E-state index contributed by atoms with van der Waals surface area (Å²) in [6.45, 7) is 0. The predicted molar refractivity (Wildman–Crippen MR) is 236 cm³/mol. The maximum atomic E-state index is 5.25. The monoisotopic (exact) mass is 729 g/mol. The van der Waals surface area contributed by atoms with Crippen LogP contribution in [-0.2, 0) is 0 Å². The van der Waals surface area contributed by atoms with Gasteiger partial charge in [0.1, 0.15) is 11.6 Å². The number of hydrogen-bond donors (Lipinski definition) is 0. The molecule has 4 heterocycles. The molecular formula is C52H35N5. The molecule has 11 aromatic rings. The lowest BCUT2D eigenvalue weighted by Gasteiger charge is -2.27. The Morgan fingerprint density at radius 1 is 0.316 bits per heavy atom. The van der Waals surface area contributed by atoms with Crippen LogP contribution in [0.15, 0.2) is 212 Å². The van der Waals surface area contributed by atoms with Gasteiger partial charge in [-0.25, -0.2) is 9.97 Å². The van der Waals surface area contributed by atoms with Crippen molar-refractivity contribution in [3.8, 4) is 34.2 Å². The predicted octanol–water partition coefficient (Wildman–Crippen LogP) is 13.5. The maximum Gasteiger partial charge on any atom is 0.138 e. The van der Waals surface area contributed by atoms with Crippen LogP contribution in [0.1, 0.15) is 0 Å². The summed E-state index contributed by atoms with van der Waals surface area (Å²) in [7, 11) is 0. The van der Waals surface area contributed by atoms with E-state index in [4.69, 9.17) is 9.97 Å². The van der Waals surface area contributed by atoms with E-state index < -0.39 is 0 Å². The SMILES string of the molecule is c1ccc(-c2cccc(-n3c4ccccc4c4c(N(c5ccccc5)c5cccc6c5c5ccccc5n6-c5cccc(-c6ccccc6)n5)cccc43)n2)cc1. The Kier molecular flexibility index (Phi) is 7.74. The standard InChI is InChI=1S/C52H35N5/c1-4-18-36(19-5-1)41-26-14-34-49(53-41)56-43-28-12-10-24-39(43)51-45(30-16-32-47(51)56)55(38-22-8-3-9-23-38)46-31-17-33-48-52(46)40-25-11-13-29-44(40)57(48)50-35-15-27-42(54-50)37-20-6-2-7-21-37/h1-35H. The molecule has 0 N–H and O–H groups in total. The first-order chi connectivity index (χ1) is 28.3. The number of nitrogens with zero attached hydrogens (tertiary/aromatic N) is 5. The lowest BCUT2D eigenvalue weighted by molar-refractivity contribution is 1.08. The van der Waals surface area contributed by atoms with Crippen LogP contribution in [0, 0.1) is 0 Å². The van der Waals surface area contributed by atoms with Crippen molar-refractivity contribution < 1.29 is 0 Å². The summed E-state index contributed by atoms with van der Waals surface area (Å²) in [4.78, 5) is 12.9. The van der Waals surface area contributed by atoms with Gasteiger partial charge < -0.3 is 4.90 Å². The average molecular weight is 730 g/mol. The first-order valence-electron chi connectivity index (χ1n) is 19.3. The molecule has 0 bridgehead atoms. The molecule has 268 valence electrons. The van der Waals surface area contributed by atoms with E-state index in [9.17, 15) is 0 Å². The Labute approximate surface area is 330 Å². The summed E-state index contributed by atoms with van der Waals surface area (Å²) in [5.41, 5.74) is 11.7. The molecule has 0 spiro atoms. The van der Waals surface area contributed by atoms with E-state index in [1.807, 2.05) is 12.1 Å². The number of rotatable bonds is 7. The van der Waals surface area contributed by atoms with Crippen molar-refractivity contribution in [1.29, 1.82) is 0 Å². The number of para-hydroxylation sites is 3. The van der Waals surface area contributed by atoms with Gasteiger partial charge in [-0.15, -0.1) is 0 Å². The second kappa shape index (κ2) is 13.5. The van der Waals surface area contributed by atoms with Crippen molar-refractivity contribution in [3.63, 3.8) is 0 Å². The van der Waals surface area contributed by atoms with Crippen LogP contribution in [0.4, 0.5) is 17.1 Å². The third-order valence-corrected chi connectivity index (χ3v) is 10.9. The summed E-state index contributed by atoms with van der Waals surface area (Å²) < 4.78 is 4.61. The number of hydrogen-bond acceptors (Lipinski definition) is 3. The van der Waals surface area contributed by atoms with E-state index in [1.54, 1.807) is 0 Å². The zero-order valence-corrected chi connectivity index (χ0v) is 30.9. The van der Waals surface area contributed by atoms with E-state index in [2.05, 4.69) is 214 Å². The molecule has 5 heteroatoms. The van der Waals surface area contributed by atoms with Crippen LogP contribution in [0.2, 0.25) is 0 Å². The summed E-state index contributed by atoms with van der Waals surface area (Å²) in [6, 6.07) is 74.7. The number of anilines is 3. The Morgan fingerprint density at radius 2 is 0.702 bits per heavy atom. The minimum absolute atomic E-state index is 0.876. The molecule has 0 unspecified atom stereocenters. The van der Waals surface area contributed by atoms with Crippen molar-refractivity contribution in [3.05, 3.63) is 212 Å². The minimum atomic E-state index is 0.876. The molecular weight excluding hydrogens is 695 g/mol. The highest BCUT2D eigenvalue weighted by Crippen LogP contribution is 2.47. The molecule has 0 aliphatic heterocycles. The second-order valence-corrected chi connectivity index (χ2v) is 14.2. The van der Waals surface area contributed by atoms with Gasteiger partial charge in [0, 0.05) is 38.4 Å². The summed E-state index contributed by atoms with van der Waals surface area (Å²) in [5, 5.41) is 4.63.